The van der Waals surface area contributed by atoms with Gasteiger partial charge in [0.2, 0.25) is 0 Å². The first-order chi connectivity index (χ1) is 9.70. The van der Waals surface area contributed by atoms with Crippen LogP contribution >= 0.6 is 11.3 Å². The number of carbonyl (C=O) groups is 2. The fourth-order valence-electron chi connectivity index (χ4n) is 2.10. The van der Waals surface area contributed by atoms with Gasteiger partial charge in [-0.2, -0.15) is 0 Å². The van der Waals surface area contributed by atoms with Gasteiger partial charge in [-0.25, -0.2) is 14.6 Å². The molecule has 0 saturated carbocycles. The summed E-state index contributed by atoms with van der Waals surface area (Å²) in [6, 6.07) is -1.55. The zero-order valence-corrected chi connectivity index (χ0v) is 13.9. The minimum atomic E-state index is -1.02. The molecular formula is C14H23N3O3S. The number of hydrogen-bond acceptors (Lipinski definition) is 4. The van der Waals surface area contributed by atoms with E-state index in [2.05, 4.69) is 15.6 Å². The van der Waals surface area contributed by atoms with Crippen LogP contribution < -0.4 is 10.6 Å². The molecule has 0 saturated heterocycles. The molecule has 1 rings (SSSR count). The molecule has 0 aliphatic carbocycles. The quantitative estimate of drug-likeness (QED) is 0.753. The monoisotopic (exact) mass is 313 g/mol. The second-order valence-corrected chi connectivity index (χ2v) is 6.78. The number of hydrogen-bond donors (Lipinski definition) is 3. The molecule has 0 spiro atoms. The maximum absolute atomic E-state index is 11.9. The zero-order chi connectivity index (χ0) is 16.2. The van der Waals surface area contributed by atoms with E-state index in [1.807, 2.05) is 34.6 Å². The summed E-state index contributed by atoms with van der Waals surface area (Å²) in [4.78, 5) is 28.4. The van der Waals surface area contributed by atoms with E-state index in [-0.39, 0.29) is 12.0 Å². The molecule has 0 aromatic carbocycles. The molecule has 0 aliphatic heterocycles. The summed E-state index contributed by atoms with van der Waals surface area (Å²) in [7, 11) is 0. The van der Waals surface area contributed by atoms with Gasteiger partial charge in [-0.15, -0.1) is 11.3 Å². The maximum Gasteiger partial charge on any atom is 0.326 e. The highest BCUT2D eigenvalue weighted by molar-refractivity contribution is 7.11. The number of amides is 2. The molecular weight excluding hydrogens is 290 g/mol. The van der Waals surface area contributed by atoms with Crippen LogP contribution in [-0.2, 0) is 4.79 Å². The van der Waals surface area contributed by atoms with Crippen molar-refractivity contribution in [1.82, 2.24) is 15.6 Å². The number of aromatic nitrogens is 1. The van der Waals surface area contributed by atoms with Crippen LogP contribution in [0.15, 0.2) is 0 Å². The van der Waals surface area contributed by atoms with E-state index >= 15 is 0 Å². The Morgan fingerprint density at radius 2 is 1.86 bits per heavy atom. The molecule has 1 heterocycles. The minimum absolute atomic E-state index is 0.190. The van der Waals surface area contributed by atoms with E-state index in [0.29, 0.717) is 6.42 Å². The Morgan fingerprint density at radius 3 is 2.29 bits per heavy atom. The Labute approximate surface area is 129 Å². The van der Waals surface area contributed by atoms with Gasteiger partial charge >= 0.3 is 12.0 Å². The van der Waals surface area contributed by atoms with Crippen LogP contribution in [0.5, 0.6) is 0 Å². The van der Waals surface area contributed by atoms with Gasteiger partial charge in [-0.3, -0.25) is 0 Å². The van der Waals surface area contributed by atoms with Crippen LogP contribution in [0.4, 0.5) is 4.79 Å². The first-order valence-corrected chi connectivity index (χ1v) is 7.76. The Hall–Kier alpha value is -1.63. The normalized spacial score (nSPS) is 13.8. The van der Waals surface area contributed by atoms with E-state index in [1.165, 1.54) is 11.3 Å². The highest BCUT2D eigenvalue weighted by Gasteiger charge is 2.22. The SMILES string of the molecule is Cc1nc(C)c(C(C)NC(=O)N[C@@H](CC(C)C)C(=O)O)s1. The third-order valence-electron chi connectivity index (χ3n) is 2.99. The van der Waals surface area contributed by atoms with E-state index in [4.69, 9.17) is 5.11 Å². The Kier molecular flexibility index (Phi) is 6.14. The lowest BCUT2D eigenvalue weighted by atomic mass is 10.0. The molecule has 0 bridgehead atoms. The molecule has 118 valence electrons. The number of nitrogens with zero attached hydrogens (tertiary/aromatic N) is 1. The predicted molar refractivity (Wildman–Crippen MR) is 82.5 cm³/mol. The van der Waals surface area contributed by atoms with Crippen molar-refractivity contribution in [1.29, 1.82) is 0 Å². The Balaban J connectivity index is 2.63. The Bertz CT molecular complexity index is 514. The van der Waals surface area contributed by atoms with Gasteiger partial charge in [-0.1, -0.05) is 13.8 Å². The van der Waals surface area contributed by atoms with Crippen LogP contribution in [-0.4, -0.2) is 28.1 Å². The highest BCUT2D eigenvalue weighted by atomic mass is 32.1. The smallest absolute Gasteiger partial charge is 0.326 e. The summed E-state index contributed by atoms with van der Waals surface area (Å²) in [6.45, 7) is 9.51. The number of aryl methyl sites for hydroxylation is 2. The number of carbonyl (C=O) groups excluding carboxylic acids is 1. The van der Waals surface area contributed by atoms with Crippen LogP contribution in [0.3, 0.4) is 0 Å². The average molecular weight is 313 g/mol. The van der Waals surface area contributed by atoms with Gasteiger partial charge in [0.1, 0.15) is 6.04 Å². The third kappa shape index (κ3) is 5.34. The van der Waals surface area contributed by atoms with Gasteiger partial charge < -0.3 is 15.7 Å². The predicted octanol–water partition coefficient (Wildman–Crippen LogP) is 2.62. The lowest BCUT2D eigenvalue weighted by Crippen LogP contribution is -2.47. The number of aliphatic carboxylic acids is 1. The third-order valence-corrected chi connectivity index (χ3v) is 4.25. The minimum Gasteiger partial charge on any atom is -0.480 e. The largest absolute Gasteiger partial charge is 0.480 e. The number of carboxylic acid groups (broad SMARTS) is 1. The number of carboxylic acids is 1. The molecule has 7 heteroatoms. The van der Waals surface area contributed by atoms with Crippen molar-refractivity contribution in [2.75, 3.05) is 0 Å². The van der Waals surface area contributed by atoms with Crippen LogP contribution in [0.1, 0.15) is 48.8 Å². The second kappa shape index (κ2) is 7.40. The molecule has 21 heavy (non-hydrogen) atoms. The van der Waals surface area contributed by atoms with Crippen molar-refractivity contribution in [3.05, 3.63) is 15.6 Å². The van der Waals surface area contributed by atoms with E-state index in [9.17, 15) is 9.59 Å². The van der Waals surface area contributed by atoms with Gasteiger partial charge in [0.25, 0.3) is 0 Å². The number of nitrogens with one attached hydrogen (secondary N) is 2. The van der Waals surface area contributed by atoms with Crippen molar-refractivity contribution >= 4 is 23.3 Å². The van der Waals surface area contributed by atoms with Crippen LogP contribution in [0, 0.1) is 19.8 Å². The topological polar surface area (TPSA) is 91.3 Å². The Morgan fingerprint density at radius 1 is 1.24 bits per heavy atom. The van der Waals surface area contributed by atoms with Crippen molar-refractivity contribution in [3.8, 4) is 0 Å². The molecule has 2 atom stereocenters. The van der Waals surface area contributed by atoms with Crippen molar-refractivity contribution in [2.24, 2.45) is 5.92 Å². The number of urea groups is 1. The van der Waals surface area contributed by atoms with Crippen molar-refractivity contribution in [2.45, 2.75) is 53.1 Å². The van der Waals surface area contributed by atoms with Gasteiger partial charge in [-0.05, 0) is 33.1 Å². The number of thiazole rings is 1. The fraction of sp³-hybridized carbons (Fsp3) is 0.643. The molecule has 1 aromatic rings. The maximum atomic E-state index is 11.9. The lowest BCUT2D eigenvalue weighted by molar-refractivity contribution is -0.139. The molecule has 1 aromatic heterocycles. The molecule has 0 fully saturated rings. The first kappa shape index (κ1) is 17.4. The highest BCUT2D eigenvalue weighted by Crippen LogP contribution is 2.24. The summed E-state index contributed by atoms with van der Waals surface area (Å²) < 4.78 is 0. The van der Waals surface area contributed by atoms with Crippen molar-refractivity contribution in [3.63, 3.8) is 0 Å². The van der Waals surface area contributed by atoms with Crippen LogP contribution in [0.25, 0.3) is 0 Å². The average Bonchev–Trinajstić information content (AvgIpc) is 2.66. The number of rotatable bonds is 6. The van der Waals surface area contributed by atoms with E-state index in [1.54, 1.807) is 0 Å². The van der Waals surface area contributed by atoms with Gasteiger partial charge in [0.15, 0.2) is 0 Å². The molecule has 1 unspecified atom stereocenters. The van der Waals surface area contributed by atoms with E-state index < -0.39 is 18.0 Å². The zero-order valence-electron chi connectivity index (χ0n) is 13.1. The fourth-order valence-corrected chi connectivity index (χ4v) is 3.03. The van der Waals surface area contributed by atoms with E-state index in [0.717, 1.165) is 15.6 Å². The van der Waals surface area contributed by atoms with Crippen LogP contribution in [0.2, 0.25) is 0 Å². The summed E-state index contributed by atoms with van der Waals surface area (Å²) >= 11 is 1.53. The van der Waals surface area contributed by atoms with Crippen molar-refractivity contribution < 1.29 is 14.7 Å². The summed E-state index contributed by atoms with van der Waals surface area (Å²) in [5, 5.41) is 15.3. The molecule has 0 radical (unpaired) electrons. The molecule has 2 amide bonds. The lowest BCUT2D eigenvalue weighted by Gasteiger charge is -2.19. The van der Waals surface area contributed by atoms with Gasteiger partial charge in [0, 0.05) is 4.88 Å². The molecule has 6 nitrogen and oxygen atoms in total. The second-order valence-electron chi connectivity index (χ2n) is 5.54. The standard InChI is InChI=1S/C14H23N3O3S/c1-7(2)6-11(13(18)19)17-14(20)16-9(4)12-8(3)15-10(5)21-12/h7,9,11H,6H2,1-5H3,(H,18,19)(H2,16,17,20)/t9?,11-/m0/s1. The van der Waals surface area contributed by atoms with Gasteiger partial charge in [0.05, 0.1) is 16.7 Å². The summed E-state index contributed by atoms with van der Waals surface area (Å²) in [5.74, 6) is -0.827. The molecule has 3 N–H and O–H groups in total. The first-order valence-electron chi connectivity index (χ1n) is 6.94. The summed E-state index contributed by atoms with van der Waals surface area (Å²) in [6.07, 6.45) is 0.399. The molecule has 0 aliphatic rings. The summed E-state index contributed by atoms with van der Waals surface area (Å²) in [5.41, 5.74) is 0.891.